The molecule has 3 saturated carbocycles. The molecule has 5 atom stereocenters. The van der Waals surface area contributed by atoms with Crippen LogP contribution in [0.3, 0.4) is 0 Å². The molecule has 0 aromatic carbocycles. The molecule has 2 nitrogen and oxygen atoms in total. The summed E-state index contributed by atoms with van der Waals surface area (Å²) in [7, 11) is 0. The lowest BCUT2D eigenvalue weighted by Gasteiger charge is -2.45. The quantitative estimate of drug-likeness (QED) is 0.805. The molecule has 102 valence electrons. The summed E-state index contributed by atoms with van der Waals surface area (Å²) in [5.74, 6) is 2.62. The summed E-state index contributed by atoms with van der Waals surface area (Å²) in [4.78, 5) is 12.0. The Bertz CT molecular complexity index is 341. The highest BCUT2D eigenvalue weighted by Gasteiger charge is 2.60. The number of rotatable bonds is 2. The first-order chi connectivity index (χ1) is 8.52. The Morgan fingerprint density at radius 1 is 1.00 bits per heavy atom. The van der Waals surface area contributed by atoms with Crippen LogP contribution in [0.1, 0.15) is 58.8 Å². The van der Waals surface area contributed by atoms with Gasteiger partial charge in [0.25, 0.3) is 0 Å². The first kappa shape index (κ1) is 12.5. The summed E-state index contributed by atoms with van der Waals surface area (Å²) in [6, 6.07) is 0. The Kier molecular flexibility index (Phi) is 2.95. The van der Waals surface area contributed by atoms with Crippen LogP contribution >= 0.6 is 0 Å². The standard InChI is InChI=1S/C16H26O2/c1-10-5-11(2)7-14(6-10)16(15(17)18)9-12-3-4-13(16)8-12/h10-14H,3-9H2,1-2H3,(H,17,18). The van der Waals surface area contributed by atoms with E-state index in [9.17, 15) is 9.90 Å². The molecule has 0 saturated heterocycles. The third-order valence-electron chi connectivity index (χ3n) is 6.20. The first-order valence-electron chi connectivity index (χ1n) is 7.75. The number of aliphatic carboxylic acids is 1. The van der Waals surface area contributed by atoms with E-state index in [0.29, 0.717) is 23.7 Å². The fourth-order valence-corrected chi connectivity index (χ4v) is 5.68. The van der Waals surface area contributed by atoms with Crippen LogP contribution in [0.15, 0.2) is 0 Å². The molecule has 0 aliphatic heterocycles. The summed E-state index contributed by atoms with van der Waals surface area (Å²) in [5, 5.41) is 9.91. The fraction of sp³-hybridized carbons (Fsp3) is 0.938. The molecule has 3 fully saturated rings. The molecule has 1 N–H and O–H groups in total. The molecule has 0 spiro atoms. The minimum Gasteiger partial charge on any atom is -0.481 e. The third kappa shape index (κ3) is 1.71. The predicted octanol–water partition coefficient (Wildman–Crippen LogP) is 3.95. The smallest absolute Gasteiger partial charge is 0.310 e. The molecule has 18 heavy (non-hydrogen) atoms. The van der Waals surface area contributed by atoms with E-state index in [1.807, 2.05) is 0 Å². The molecule has 0 heterocycles. The van der Waals surface area contributed by atoms with E-state index in [-0.39, 0.29) is 5.41 Å². The maximum atomic E-state index is 12.0. The van der Waals surface area contributed by atoms with Gasteiger partial charge < -0.3 is 5.11 Å². The van der Waals surface area contributed by atoms with Crippen LogP contribution in [0, 0.1) is 35.0 Å². The molecular formula is C16H26O2. The number of hydrogen-bond acceptors (Lipinski definition) is 1. The molecule has 2 heteroatoms. The van der Waals surface area contributed by atoms with Crippen LogP contribution in [0.5, 0.6) is 0 Å². The second-order valence-electron chi connectivity index (χ2n) is 7.54. The summed E-state index contributed by atoms with van der Waals surface area (Å²) in [6.45, 7) is 4.62. The Morgan fingerprint density at radius 2 is 1.67 bits per heavy atom. The van der Waals surface area contributed by atoms with Gasteiger partial charge in [0, 0.05) is 0 Å². The van der Waals surface area contributed by atoms with Crippen molar-refractivity contribution in [3.05, 3.63) is 0 Å². The summed E-state index contributed by atoms with van der Waals surface area (Å²) >= 11 is 0. The zero-order valence-electron chi connectivity index (χ0n) is 11.7. The second kappa shape index (κ2) is 4.25. The lowest BCUT2D eigenvalue weighted by atomic mass is 9.58. The van der Waals surface area contributed by atoms with Crippen molar-refractivity contribution in [2.75, 3.05) is 0 Å². The van der Waals surface area contributed by atoms with Gasteiger partial charge >= 0.3 is 5.97 Å². The van der Waals surface area contributed by atoms with Gasteiger partial charge in [0.05, 0.1) is 5.41 Å². The van der Waals surface area contributed by atoms with Crippen LogP contribution in [0.4, 0.5) is 0 Å². The van der Waals surface area contributed by atoms with Crippen LogP contribution in [-0.4, -0.2) is 11.1 Å². The number of carboxylic acids is 1. The Morgan fingerprint density at radius 3 is 2.11 bits per heavy atom. The van der Waals surface area contributed by atoms with Crippen molar-refractivity contribution in [1.82, 2.24) is 0 Å². The van der Waals surface area contributed by atoms with Crippen molar-refractivity contribution in [2.45, 2.75) is 58.8 Å². The van der Waals surface area contributed by atoms with Crippen LogP contribution in [0.2, 0.25) is 0 Å². The molecule has 0 radical (unpaired) electrons. The maximum Gasteiger partial charge on any atom is 0.310 e. The molecule has 0 amide bonds. The van der Waals surface area contributed by atoms with Crippen molar-refractivity contribution in [1.29, 1.82) is 0 Å². The third-order valence-corrected chi connectivity index (χ3v) is 6.20. The molecule has 0 aromatic heterocycles. The van der Waals surface area contributed by atoms with Crippen molar-refractivity contribution in [3.63, 3.8) is 0 Å². The lowest BCUT2D eigenvalue weighted by molar-refractivity contribution is -0.159. The van der Waals surface area contributed by atoms with Gasteiger partial charge in [-0.1, -0.05) is 20.3 Å². The first-order valence-corrected chi connectivity index (χ1v) is 7.75. The monoisotopic (exact) mass is 250 g/mol. The average molecular weight is 250 g/mol. The van der Waals surface area contributed by atoms with E-state index >= 15 is 0 Å². The topological polar surface area (TPSA) is 37.3 Å². The van der Waals surface area contributed by atoms with Crippen LogP contribution in [-0.2, 0) is 4.79 Å². The SMILES string of the molecule is CC1CC(C)CC(C2(C(=O)O)CC3CCC2C3)C1. The largest absolute Gasteiger partial charge is 0.481 e. The Balaban J connectivity index is 1.88. The number of carbonyl (C=O) groups is 1. The highest BCUT2D eigenvalue weighted by atomic mass is 16.4. The van der Waals surface area contributed by atoms with Gasteiger partial charge in [0.2, 0.25) is 0 Å². The number of hydrogen-bond donors (Lipinski definition) is 1. The molecule has 3 aliphatic rings. The van der Waals surface area contributed by atoms with Crippen molar-refractivity contribution in [2.24, 2.45) is 35.0 Å². The predicted molar refractivity (Wildman–Crippen MR) is 71.2 cm³/mol. The molecule has 3 rings (SSSR count). The normalized spacial score (nSPS) is 51.6. The average Bonchev–Trinajstić information content (AvgIpc) is 2.87. The molecule has 3 aliphatic carbocycles. The van der Waals surface area contributed by atoms with Crippen LogP contribution in [0.25, 0.3) is 0 Å². The minimum atomic E-state index is -0.471. The summed E-state index contributed by atoms with van der Waals surface area (Å²) in [5.41, 5.74) is -0.341. The lowest BCUT2D eigenvalue weighted by Crippen LogP contribution is -2.45. The van der Waals surface area contributed by atoms with Gasteiger partial charge in [-0.2, -0.15) is 0 Å². The van der Waals surface area contributed by atoms with Crippen molar-refractivity contribution in [3.8, 4) is 0 Å². The van der Waals surface area contributed by atoms with Gasteiger partial charge in [-0.25, -0.2) is 0 Å². The zero-order chi connectivity index (χ0) is 12.9. The maximum absolute atomic E-state index is 12.0. The fourth-order valence-electron chi connectivity index (χ4n) is 5.68. The zero-order valence-corrected chi connectivity index (χ0v) is 11.7. The highest BCUT2D eigenvalue weighted by Crippen LogP contribution is 2.62. The molecule has 5 unspecified atom stereocenters. The van der Waals surface area contributed by atoms with E-state index in [2.05, 4.69) is 13.8 Å². The molecule has 2 bridgehead atoms. The van der Waals surface area contributed by atoms with Gasteiger partial charge in [-0.3, -0.25) is 4.79 Å². The number of carboxylic acid groups (broad SMARTS) is 1. The summed E-state index contributed by atoms with van der Waals surface area (Å²) < 4.78 is 0. The second-order valence-corrected chi connectivity index (χ2v) is 7.54. The van der Waals surface area contributed by atoms with Gasteiger partial charge in [-0.15, -0.1) is 0 Å². The highest BCUT2D eigenvalue weighted by molar-refractivity contribution is 5.76. The van der Waals surface area contributed by atoms with Gasteiger partial charge in [0.15, 0.2) is 0 Å². The van der Waals surface area contributed by atoms with E-state index in [1.54, 1.807) is 0 Å². The Hall–Kier alpha value is -0.530. The van der Waals surface area contributed by atoms with E-state index in [4.69, 9.17) is 0 Å². The molecule has 0 aromatic rings. The van der Waals surface area contributed by atoms with Gasteiger partial charge in [-0.05, 0) is 68.1 Å². The van der Waals surface area contributed by atoms with Crippen molar-refractivity contribution < 1.29 is 9.90 Å². The van der Waals surface area contributed by atoms with Gasteiger partial charge in [0.1, 0.15) is 0 Å². The van der Waals surface area contributed by atoms with Crippen molar-refractivity contribution >= 4 is 5.97 Å². The van der Waals surface area contributed by atoms with E-state index < -0.39 is 5.97 Å². The number of fused-ring (bicyclic) bond motifs is 2. The van der Waals surface area contributed by atoms with Crippen LogP contribution < -0.4 is 0 Å². The Labute approximate surface area is 110 Å². The minimum absolute atomic E-state index is 0.341. The summed E-state index contributed by atoms with van der Waals surface area (Å²) in [6.07, 6.45) is 8.25. The van der Waals surface area contributed by atoms with E-state index in [1.165, 1.54) is 25.7 Å². The molecular weight excluding hydrogens is 224 g/mol. The van der Waals surface area contributed by atoms with E-state index in [0.717, 1.165) is 25.2 Å².